The zero-order valence-corrected chi connectivity index (χ0v) is 20.5. The minimum Gasteiger partial charge on any atom is -0.493 e. The molecule has 0 heterocycles. The first-order valence-electron chi connectivity index (χ1n) is 10.8. The summed E-state index contributed by atoms with van der Waals surface area (Å²) >= 11 is 0. The molecular weight excluding hydrogens is 446 g/mol. The highest BCUT2D eigenvalue weighted by Gasteiger charge is 2.12. The molecule has 3 rings (SSSR count). The molecule has 0 radical (unpaired) electrons. The lowest BCUT2D eigenvalue weighted by Crippen LogP contribution is -1.98. The molecule has 7 nitrogen and oxygen atoms in total. The number of allylic oxidation sites excluding steroid dienone is 1. The summed E-state index contributed by atoms with van der Waals surface area (Å²) in [5.41, 5.74) is 3.22. The number of nitrogens with one attached hydrogen (secondary N) is 1. The molecule has 1 N–H and O–H groups in total. The van der Waals surface area contributed by atoms with E-state index in [-0.39, 0.29) is 5.78 Å². The van der Waals surface area contributed by atoms with Crippen molar-refractivity contribution in [2.24, 2.45) is 0 Å². The average molecular weight is 476 g/mol. The van der Waals surface area contributed by atoms with Gasteiger partial charge in [0.05, 0.1) is 35.5 Å². The van der Waals surface area contributed by atoms with Crippen molar-refractivity contribution in [3.05, 3.63) is 83.6 Å². The molecule has 0 aliphatic rings. The minimum atomic E-state index is -0.156. The van der Waals surface area contributed by atoms with Crippen LogP contribution in [-0.2, 0) is 0 Å². The number of anilines is 1. The number of benzene rings is 3. The first-order chi connectivity index (χ1) is 17.0. The minimum absolute atomic E-state index is 0.156. The van der Waals surface area contributed by atoms with Crippen LogP contribution in [0, 0.1) is 0 Å². The molecule has 0 aliphatic heterocycles. The van der Waals surface area contributed by atoms with Crippen molar-refractivity contribution in [3.63, 3.8) is 0 Å². The lowest BCUT2D eigenvalue weighted by Gasteiger charge is -2.12. The summed E-state index contributed by atoms with van der Waals surface area (Å²) < 4.78 is 26.7. The van der Waals surface area contributed by atoms with Crippen molar-refractivity contribution in [3.8, 4) is 28.7 Å². The molecule has 0 bridgehead atoms. The van der Waals surface area contributed by atoms with Gasteiger partial charge in [-0.1, -0.05) is 24.3 Å². The summed E-state index contributed by atoms with van der Waals surface area (Å²) in [6.07, 6.45) is 7.02. The number of carbonyl (C=O) groups is 1. The normalized spacial score (nSPS) is 10.9. The van der Waals surface area contributed by atoms with E-state index in [1.54, 1.807) is 52.8 Å². The largest absolute Gasteiger partial charge is 0.493 e. The summed E-state index contributed by atoms with van der Waals surface area (Å²) in [5.74, 6) is 2.65. The molecule has 0 unspecified atom stereocenters. The third-order valence-corrected chi connectivity index (χ3v) is 5.19. The standard InChI is InChI=1S/C28H29NO6/c1-31-24-12-11-21(18-25(24)32-2)23(30)13-14-29-22-8-6-7-19(15-22)9-10-20-16-26(33-3)28(35-5)27(17-20)34-4/h6-18,29H,1-5H3/b10-9?,14-13-. The van der Waals surface area contributed by atoms with Gasteiger partial charge >= 0.3 is 0 Å². The molecule has 0 saturated carbocycles. The van der Waals surface area contributed by atoms with E-state index >= 15 is 0 Å². The molecular formula is C28H29NO6. The van der Waals surface area contributed by atoms with Crippen LogP contribution in [0.25, 0.3) is 12.2 Å². The molecule has 0 spiro atoms. The van der Waals surface area contributed by atoms with Crippen LogP contribution in [-0.4, -0.2) is 41.3 Å². The van der Waals surface area contributed by atoms with E-state index in [4.69, 9.17) is 23.7 Å². The fourth-order valence-electron chi connectivity index (χ4n) is 3.42. The van der Waals surface area contributed by atoms with Crippen molar-refractivity contribution >= 4 is 23.6 Å². The second kappa shape index (κ2) is 12.2. The molecule has 0 saturated heterocycles. The Morgan fingerprint density at radius 3 is 1.97 bits per heavy atom. The fourth-order valence-corrected chi connectivity index (χ4v) is 3.42. The van der Waals surface area contributed by atoms with E-state index < -0.39 is 0 Å². The van der Waals surface area contributed by atoms with Gasteiger partial charge in [0.2, 0.25) is 5.75 Å². The van der Waals surface area contributed by atoms with Crippen LogP contribution in [0.3, 0.4) is 0 Å². The Balaban J connectivity index is 1.70. The Morgan fingerprint density at radius 2 is 1.34 bits per heavy atom. The number of rotatable bonds is 11. The molecule has 0 amide bonds. The highest BCUT2D eigenvalue weighted by Crippen LogP contribution is 2.38. The van der Waals surface area contributed by atoms with Crippen molar-refractivity contribution in [2.75, 3.05) is 40.9 Å². The van der Waals surface area contributed by atoms with Gasteiger partial charge in [-0.3, -0.25) is 4.79 Å². The topological polar surface area (TPSA) is 75.3 Å². The predicted molar refractivity (Wildman–Crippen MR) is 138 cm³/mol. The average Bonchev–Trinajstić information content (AvgIpc) is 2.90. The number of carbonyl (C=O) groups excluding carboxylic acids is 1. The second-order valence-corrected chi connectivity index (χ2v) is 7.33. The molecule has 0 aliphatic carbocycles. The molecule has 7 heteroatoms. The fraction of sp³-hybridized carbons (Fsp3) is 0.179. The van der Waals surface area contributed by atoms with E-state index in [1.165, 1.54) is 13.2 Å². The van der Waals surface area contributed by atoms with Gasteiger partial charge in [0, 0.05) is 23.5 Å². The van der Waals surface area contributed by atoms with Crippen molar-refractivity contribution < 1.29 is 28.5 Å². The maximum atomic E-state index is 12.5. The van der Waals surface area contributed by atoms with Crippen LogP contribution in [0.15, 0.2) is 66.9 Å². The lowest BCUT2D eigenvalue weighted by atomic mass is 10.1. The summed E-state index contributed by atoms with van der Waals surface area (Å²) in [7, 11) is 7.83. The maximum Gasteiger partial charge on any atom is 0.203 e. The highest BCUT2D eigenvalue weighted by atomic mass is 16.5. The van der Waals surface area contributed by atoms with Crippen molar-refractivity contribution in [2.45, 2.75) is 0 Å². The second-order valence-electron chi connectivity index (χ2n) is 7.33. The quantitative estimate of drug-likeness (QED) is 0.216. The smallest absolute Gasteiger partial charge is 0.203 e. The summed E-state index contributed by atoms with van der Waals surface area (Å²) in [6.45, 7) is 0. The zero-order chi connectivity index (χ0) is 25.2. The van der Waals surface area contributed by atoms with Crippen LogP contribution in [0.2, 0.25) is 0 Å². The maximum absolute atomic E-state index is 12.5. The summed E-state index contributed by atoms with van der Waals surface area (Å²) in [6, 6.07) is 16.6. The summed E-state index contributed by atoms with van der Waals surface area (Å²) in [5, 5.41) is 3.14. The van der Waals surface area contributed by atoms with Crippen LogP contribution in [0.4, 0.5) is 5.69 Å². The molecule has 0 fully saturated rings. The number of ether oxygens (including phenoxy) is 5. The number of methoxy groups -OCH3 is 5. The monoisotopic (exact) mass is 475 g/mol. The van der Waals surface area contributed by atoms with Gasteiger partial charge in [-0.15, -0.1) is 0 Å². The third kappa shape index (κ3) is 6.35. The first-order valence-corrected chi connectivity index (χ1v) is 10.8. The van der Waals surface area contributed by atoms with Gasteiger partial charge in [0.25, 0.3) is 0 Å². The lowest BCUT2D eigenvalue weighted by molar-refractivity contribution is 0.104. The molecule has 3 aromatic rings. The van der Waals surface area contributed by atoms with E-state index in [0.29, 0.717) is 34.3 Å². The highest BCUT2D eigenvalue weighted by molar-refractivity contribution is 6.05. The SMILES string of the molecule is COc1ccc(C(=O)/C=C\Nc2cccc(C=Cc3cc(OC)c(OC)c(OC)c3)c2)cc1OC. The Kier molecular flexibility index (Phi) is 8.78. The van der Waals surface area contributed by atoms with E-state index in [0.717, 1.165) is 16.8 Å². The van der Waals surface area contributed by atoms with Crippen LogP contribution in [0.5, 0.6) is 28.7 Å². The van der Waals surface area contributed by atoms with Crippen LogP contribution >= 0.6 is 0 Å². The van der Waals surface area contributed by atoms with Gasteiger partial charge in [-0.2, -0.15) is 0 Å². The number of ketones is 1. The van der Waals surface area contributed by atoms with Gasteiger partial charge < -0.3 is 29.0 Å². The molecule has 0 atom stereocenters. The van der Waals surface area contributed by atoms with Crippen LogP contribution < -0.4 is 29.0 Å². The molecule has 3 aromatic carbocycles. The Labute approximate surface area is 205 Å². The Bertz CT molecular complexity index is 1210. The van der Waals surface area contributed by atoms with Gasteiger partial charge in [0.15, 0.2) is 28.8 Å². The molecule has 182 valence electrons. The van der Waals surface area contributed by atoms with Gasteiger partial charge in [-0.25, -0.2) is 0 Å². The third-order valence-electron chi connectivity index (χ3n) is 5.19. The first kappa shape index (κ1) is 25.2. The van der Waals surface area contributed by atoms with E-state index in [1.807, 2.05) is 48.6 Å². The molecule has 35 heavy (non-hydrogen) atoms. The van der Waals surface area contributed by atoms with Crippen LogP contribution in [0.1, 0.15) is 21.5 Å². The number of hydrogen-bond acceptors (Lipinski definition) is 7. The van der Waals surface area contributed by atoms with Crippen molar-refractivity contribution in [1.82, 2.24) is 0 Å². The van der Waals surface area contributed by atoms with Crippen molar-refractivity contribution in [1.29, 1.82) is 0 Å². The van der Waals surface area contributed by atoms with E-state index in [2.05, 4.69) is 5.32 Å². The van der Waals surface area contributed by atoms with Gasteiger partial charge in [0.1, 0.15) is 0 Å². The van der Waals surface area contributed by atoms with Gasteiger partial charge in [-0.05, 0) is 53.6 Å². The molecule has 0 aromatic heterocycles. The summed E-state index contributed by atoms with van der Waals surface area (Å²) in [4.78, 5) is 12.5. The van der Waals surface area contributed by atoms with E-state index in [9.17, 15) is 4.79 Å². The zero-order valence-electron chi connectivity index (χ0n) is 20.5. The number of hydrogen-bond donors (Lipinski definition) is 1. The predicted octanol–water partition coefficient (Wildman–Crippen LogP) is 5.71. The Hall–Kier alpha value is -4.39. The Morgan fingerprint density at radius 1 is 0.686 bits per heavy atom.